The van der Waals surface area contributed by atoms with E-state index in [0.717, 1.165) is 42.7 Å². The molecule has 1 fully saturated rings. The lowest BCUT2D eigenvalue weighted by Gasteiger charge is -2.40. The average Bonchev–Trinajstić information content (AvgIpc) is 2.89. The van der Waals surface area contributed by atoms with Crippen LogP contribution in [0.4, 0.5) is 5.69 Å². The van der Waals surface area contributed by atoms with E-state index in [1.54, 1.807) is 30.5 Å². The van der Waals surface area contributed by atoms with Crippen molar-refractivity contribution < 1.29 is 29.3 Å². The Morgan fingerprint density at radius 2 is 1.79 bits per heavy atom. The van der Waals surface area contributed by atoms with Crippen LogP contribution in [0, 0.1) is 12.3 Å². The molecule has 0 radical (unpaired) electrons. The number of aliphatic carboxylic acids is 1. The molecule has 2 heterocycles. The summed E-state index contributed by atoms with van der Waals surface area (Å²) in [5.41, 5.74) is 4.17. The van der Waals surface area contributed by atoms with Gasteiger partial charge in [-0.3, -0.25) is 9.78 Å². The van der Waals surface area contributed by atoms with Gasteiger partial charge < -0.3 is 24.6 Å². The number of aryl methyl sites for hydroxylation is 1. The standard InChI is InChI=1S/C31H38N2O6/c1-6-23(38-17-18-39-27-10-8-7-9-24(27)30(36)37)12-11-21(2)26-20-32-22(3)25(19-28(34)35)29(26)33-15-13-31(4,5)14-16-33/h6-12,20H,2,13-19H2,1,3-5H3,(H,34,35)(H,36,37)/b12-11-,23-6+. The van der Waals surface area contributed by atoms with Gasteiger partial charge in [-0.05, 0) is 62.0 Å². The summed E-state index contributed by atoms with van der Waals surface area (Å²) in [5, 5.41) is 18.9. The van der Waals surface area contributed by atoms with E-state index in [0.29, 0.717) is 17.0 Å². The molecule has 0 atom stereocenters. The molecule has 0 saturated carbocycles. The molecule has 0 unspecified atom stereocenters. The van der Waals surface area contributed by atoms with Gasteiger partial charge in [0.25, 0.3) is 0 Å². The van der Waals surface area contributed by atoms with Gasteiger partial charge in [-0.2, -0.15) is 0 Å². The maximum atomic E-state index is 11.7. The highest BCUT2D eigenvalue weighted by Gasteiger charge is 2.29. The average molecular weight is 535 g/mol. The van der Waals surface area contributed by atoms with Gasteiger partial charge in [-0.25, -0.2) is 4.79 Å². The maximum Gasteiger partial charge on any atom is 0.339 e. The predicted octanol–water partition coefficient (Wildman–Crippen LogP) is 5.91. The third-order valence-electron chi connectivity index (χ3n) is 6.93. The van der Waals surface area contributed by atoms with Crippen molar-refractivity contribution >= 4 is 23.2 Å². The molecule has 1 saturated heterocycles. The third kappa shape index (κ3) is 7.96. The number of carbonyl (C=O) groups is 2. The zero-order valence-electron chi connectivity index (χ0n) is 23.2. The van der Waals surface area contributed by atoms with Gasteiger partial charge in [0, 0.05) is 36.1 Å². The number of anilines is 1. The third-order valence-corrected chi connectivity index (χ3v) is 6.93. The summed E-state index contributed by atoms with van der Waals surface area (Å²) < 4.78 is 11.4. The zero-order chi connectivity index (χ0) is 28.6. The van der Waals surface area contributed by atoms with E-state index in [-0.39, 0.29) is 36.4 Å². The first-order chi connectivity index (χ1) is 18.5. The summed E-state index contributed by atoms with van der Waals surface area (Å²) in [6.07, 6.45) is 9.14. The van der Waals surface area contributed by atoms with Crippen molar-refractivity contribution in [3.63, 3.8) is 0 Å². The first-order valence-corrected chi connectivity index (χ1v) is 13.1. The number of para-hydroxylation sites is 1. The molecular weight excluding hydrogens is 496 g/mol. The number of carboxylic acids is 2. The molecule has 0 spiro atoms. The molecule has 1 aromatic heterocycles. The van der Waals surface area contributed by atoms with Crippen molar-refractivity contribution in [1.29, 1.82) is 0 Å². The fourth-order valence-corrected chi connectivity index (χ4v) is 4.51. The van der Waals surface area contributed by atoms with E-state index in [2.05, 4.69) is 30.3 Å². The van der Waals surface area contributed by atoms with Gasteiger partial charge >= 0.3 is 11.9 Å². The molecule has 3 rings (SSSR count). The van der Waals surface area contributed by atoms with E-state index in [4.69, 9.17) is 9.47 Å². The lowest BCUT2D eigenvalue weighted by atomic mass is 9.82. The number of rotatable bonds is 12. The van der Waals surface area contributed by atoms with Gasteiger partial charge in [0.1, 0.15) is 30.3 Å². The number of allylic oxidation sites excluding steroid dienone is 4. The Morgan fingerprint density at radius 3 is 2.44 bits per heavy atom. The van der Waals surface area contributed by atoms with Crippen LogP contribution in [0.25, 0.3) is 5.57 Å². The quantitative estimate of drug-likeness (QED) is 0.196. The summed E-state index contributed by atoms with van der Waals surface area (Å²) >= 11 is 0. The van der Waals surface area contributed by atoms with Crippen molar-refractivity contribution in [3.05, 3.63) is 83.4 Å². The molecule has 2 aromatic rings. The summed E-state index contributed by atoms with van der Waals surface area (Å²) in [5.74, 6) is -1.06. The largest absolute Gasteiger partial charge is 0.490 e. The Hall–Kier alpha value is -4.07. The lowest BCUT2D eigenvalue weighted by molar-refractivity contribution is -0.136. The topological polar surface area (TPSA) is 109 Å². The first-order valence-electron chi connectivity index (χ1n) is 13.1. The number of aromatic carboxylic acids is 1. The predicted molar refractivity (Wildman–Crippen MR) is 152 cm³/mol. The minimum absolute atomic E-state index is 0.0991. The van der Waals surface area contributed by atoms with Gasteiger partial charge in [-0.15, -0.1) is 0 Å². The van der Waals surface area contributed by atoms with Crippen LogP contribution >= 0.6 is 0 Å². The second kappa shape index (κ2) is 13.1. The van der Waals surface area contributed by atoms with Crippen molar-refractivity contribution in [2.45, 2.75) is 47.0 Å². The zero-order valence-corrected chi connectivity index (χ0v) is 23.2. The Labute approximate surface area is 230 Å². The normalized spacial score (nSPS) is 15.3. The van der Waals surface area contributed by atoms with Gasteiger partial charge in [0.15, 0.2) is 0 Å². The minimum Gasteiger partial charge on any atom is -0.490 e. The second-order valence-corrected chi connectivity index (χ2v) is 10.4. The molecule has 1 aliphatic heterocycles. The number of piperidine rings is 1. The summed E-state index contributed by atoms with van der Waals surface area (Å²) in [4.78, 5) is 29.8. The molecule has 0 aliphatic carbocycles. The molecule has 39 heavy (non-hydrogen) atoms. The molecule has 208 valence electrons. The van der Waals surface area contributed by atoms with Crippen molar-refractivity contribution in [3.8, 4) is 5.75 Å². The Morgan fingerprint density at radius 1 is 1.10 bits per heavy atom. The lowest BCUT2D eigenvalue weighted by Crippen LogP contribution is -2.38. The Balaban J connectivity index is 1.73. The van der Waals surface area contributed by atoms with Crippen molar-refractivity contribution in [1.82, 2.24) is 4.98 Å². The molecule has 0 bridgehead atoms. The van der Waals surface area contributed by atoms with Gasteiger partial charge in [0.2, 0.25) is 0 Å². The Bertz CT molecular complexity index is 1270. The van der Waals surface area contributed by atoms with E-state index in [1.807, 2.05) is 26.0 Å². The maximum absolute atomic E-state index is 11.7. The smallest absolute Gasteiger partial charge is 0.339 e. The van der Waals surface area contributed by atoms with Crippen LogP contribution in [0.1, 0.15) is 60.8 Å². The van der Waals surface area contributed by atoms with Crippen LogP contribution in [-0.2, 0) is 16.0 Å². The monoisotopic (exact) mass is 534 g/mol. The number of hydrogen-bond acceptors (Lipinski definition) is 6. The summed E-state index contributed by atoms with van der Waals surface area (Å²) in [6.45, 7) is 14.5. The number of nitrogens with zero attached hydrogens (tertiary/aromatic N) is 2. The molecule has 1 aliphatic rings. The Kier molecular flexibility index (Phi) is 9.93. The van der Waals surface area contributed by atoms with E-state index in [1.165, 1.54) is 6.07 Å². The van der Waals surface area contributed by atoms with Crippen LogP contribution in [-0.4, -0.2) is 53.4 Å². The van der Waals surface area contributed by atoms with E-state index in [9.17, 15) is 19.8 Å². The first kappa shape index (κ1) is 29.5. The number of aromatic nitrogens is 1. The molecule has 1 aromatic carbocycles. The van der Waals surface area contributed by atoms with Crippen LogP contribution in [0.15, 0.2) is 61.0 Å². The fraction of sp³-hybridized carbons (Fsp3) is 0.387. The molecule has 2 N–H and O–H groups in total. The highest BCUT2D eigenvalue weighted by molar-refractivity contribution is 5.90. The molecule has 0 amide bonds. The van der Waals surface area contributed by atoms with Crippen LogP contribution < -0.4 is 9.64 Å². The van der Waals surface area contributed by atoms with Crippen LogP contribution in [0.3, 0.4) is 0 Å². The summed E-state index contributed by atoms with van der Waals surface area (Å²) in [6, 6.07) is 6.47. The number of carboxylic acid groups (broad SMARTS) is 2. The minimum atomic E-state index is -1.05. The fourth-order valence-electron chi connectivity index (χ4n) is 4.51. The van der Waals surface area contributed by atoms with Gasteiger partial charge in [0.05, 0.1) is 12.1 Å². The summed E-state index contributed by atoms with van der Waals surface area (Å²) in [7, 11) is 0. The molecule has 8 nitrogen and oxygen atoms in total. The SMILES string of the molecule is C=C(/C=C\C(=C/C)OCCOc1ccccc1C(=O)O)c1cnc(C)c(CC(=O)O)c1N1CCC(C)(C)CC1. The number of ether oxygens (including phenoxy) is 2. The number of pyridine rings is 1. The van der Waals surface area contributed by atoms with E-state index >= 15 is 0 Å². The second-order valence-electron chi connectivity index (χ2n) is 10.4. The van der Waals surface area contributed by atoms with Crippen LogP contribution in [0.2, 0.25) is 0 Å². The number of benzene rings is 1. The van der Waals surface area contributed by atoms with Crippen molar-refractivity contribution in [2.75, 3.05) is 31.2 Å². The van der Waals surface area contributed by atoms with Crippen molar-refractivity contribution in [2.24, 2.45) is 5.41 Å². The molecule has 8 heteroatoms. The van der Waals surface area contributed by atoms with Gasteiger partial charge in [-0.1, -0.05) is 38.6 Å². The van der Waals surface area contributed by atoms with Crippen LogP contribution in [0.5, 0.6) is 5.75 Å². The van der Waals surface area contributed by atoms with E-state index < -0.39 is 11.9 Å². The highest BCUT2D eigenvalue weighted by atomic mass is 16.5. The highest BCUT2D eigenvalue weighted by Crippen LogP contribution is 2.38. The number of hydrogen-bond donors (Lipinski definition) is 2. The molecular formula is C31H38N2O6.